The van der Waals surface area contributed by atoms with Crippen LogP contribution in [0.15, 0.2) is 59.7 Å². The third-order valence-corrected chi connectivity index (χ3v) is 7.23. The Morgan fingerprint density at radius 1 is 1.17 bits per heavy atom. The summed E-state index contributed by atoms with van der Waals surface area (Å²) in [6, 6.07) is 12.8. The van der Waals surface area contributed by atoms with Gasteiger partial charge in [-0.3, -0.25) is 14.3 Å². The number of amides is 1. The molecule has 1 aliphatic heterocycles. The van der Waals surface area contributed by atoms with Gasteiger partial charge in [-0.2, -0.15) is 0 Å². The quantitative estimate of drug-likeness (QED) is 0.329. The molecular weight excluding hydrogens is 498 g/mol. The number of pyridine rings is 2. The summed E-state index contributed by atoms with van der Waals surface area (Å²) in [7, 11) is 0. The third-order valence-electron chi connectivity index (χ3n) is 5.82. The average molecular weight is 524 g/mol. The molecular formula is C27H26ClN3O4S. The first-order valence-electron chi connectivity index (χ1n) is 11.6. The lowest BCUT2D eigenvalue weighted by Crippen LogP contribution is -2.39. The van der Waals surface area contributed by atoms with Crippen LogP contribution in [0.2, 0.25) is 5.02 Å². The fraction of sp³-hybridized carbons (Fsp3) is 0.296. The predicted molar refractivity (Wildman–Crippen MR) is 141 cm³/mol. The minimum Gasteiger partial charge on any atom is -0.487 e. The average Bonchev–Trinajstić information content (AvgIpc) is 3.19. The highest BCUT2D eigenvalue weighted by atomic mass is 35.5. The molecule has 0 fully saturated rings. The zero-order valence-electron chi connectivity index (χ0n) is 20.3. The fourth-order valence-corrected chi connectivity index (χ4v) is 5.55. The van der Waals surface area contributed by atoms with Crippen molar-refractivity contribution in [3.63, 3.8) is 0 Å². The molecule has 0 spiro atoms. The number of benzene rings is 1. The lowest BCUT2D eigenvalue weighted by molar-refractivity contribution is 0.0227. The van der Waals surface area contributed by atoms with Crippen LogP contribution in [0.5, 0.6) is 5.75 Å². The second kappa shape index (κ2) is 9.59. The van der Waals surface area contributed by atoms with Gasteiger partial charge >= 0.3 is 6.09 Å². The molecule has 9 heteroatoms. The Morgan fingerprint density at radius 3 is 2.72 bits per heavy atom. The van der Waals surface area contributed by atoms with Gasteiger partial charge in [-0.1, -0.05) is 17.7 Å². The summed E-state index contributed by atoms with van der Waals surface area (Å²) < 4.78 is 14.0. The highest BCUT2D eigenvalue weighted by Gasteiger charge is 2.28. The largest absolute Gasteiger partial charge is 0.487 e. The normalized spacial score (nSPS) is 13.5. The predicted octanol–water partition coefficient (Wildman–Crippen LogP) is 5.97. The second-order valence-corrected chi connectivity index (χ2v) is 11.2. The molecule has 1 amide bonds. The highest BCUT2D eigenvalue weighted by molar-refractivity contribution is 7.19. The number of carbonyl (C=O) groups excluding carboxylic acids is 1. The molecule has 1 aliphatic rings. The van der Waals surface area contributed by atoms with Gasteiger partial charge in [0.25, 0.3) is 5.56 Å². The summed E-state index contributed by atoms with van der Waals surface area (Å²) >= 11 is 7.52. The van der Waals surface area contributed by atoms with E-state index in [-0.39, 0.29) is 18.3 Å². The van der Waals surface area contributed by atoms with Gasteiger partial charge in [-0.05, 0) is 68.5 Å². The Labute approximate surface area is 217 Å². The van der Waals surface area contributed by atoms with Crippen LogP contribution in [-0.4, -0.2) is 32.7 Å². The van der Waals surface area contributed by atoms with Crippen LogP contribution in [-0.2, 0) is 24.3 Å². The fourth-order valence-electron chi connectivity index (χ4n) is 4.14. The Kier molecular flexibility index (Phi) is 6.49. The van der Waals surface area contributed by atoms with Gasteiger partial charge in [0.15, 0.2) is 0 Å². The van der Waals surface area contributed by atoms with E-state index in [2.05, 4.69) is 11.1 Å². The Morgan fingerprint density at radius 2 is 2.00 bits per heavy atom. The number of hydrogen-bond donors (Lipinski definition) is 0. The lowest BCUT2D eigenvalue weighted by Gasteiger charge is -2.30. The molecule has 0 aliphatic carbocycles. The number of fused-ring (bicyclic) bond motifs is 3. The molecule has 0 N–H and O–H groups in total. The van der Waals surface area contributed by atoms with E-state index in [0.29, 0.717) is 23.9 Å². The van der Waals surface area contributed by atoms with Crippen LogP contribution in [0, 0.1) is 0 Å². The van der Waals surface area contributed by atoms with Gasteiger partial charge in [0.2, 0.25) is 0 Å². The molecule has 0 radical (unpaired) electrons. The van der Waals surface area contributed by atoms with E-state index < -0.39 is 5.60 Å². The van der Waals surface area contributed by atoms with Crippen molar-refractivity contribution in [2.45, 2.75) is 45.9 Å². The molecule has 7 nitrogen and oxygen atoms in total. The van der Waals surface area contributed by atoms with Crippen molar-refractivity contribution in [1.29, 1.82) is 0 Å². The molecule has 0 bridgehead atoms. The summed E-state index contributed by atoms with van der Waals surface area (Å²) in [5, 5.41) is 1.73. The van der Waals surface area contributed by atoms with Crippen molar-refractivity contribution in [3.05, 3.63) is 86.4 Å². The van der Waals surface area contributed by atoms with E-state index in [9.17, 15) is 9.59 Å². The lowest BCUT2D eigenvalue weighted by atomic mass is 10.0. The van der Waals surface area contributed by atoms with Gasteiger partial charge in [0.1, 0.15) is 18.0 Å². The van der Waals surface area contributed by atoms with E-state index in [1.54, 1.807) is 51.4 Å². The van der Waals surface area contributed by atoms with Gasteiger partial charge in [0, 0.05) is 34.6 Å². The number of aromatic nitrogens is 2. The van der Waals surface area contributed by atoms with Crippen molar-refractivity contribution in [2.75, 3.05) is 6.54 Å². The van der Waals surface area contributed by atoms with Crippen LogP contribution < -0.4 is 10.3 Å². The molecule has 5 rings (SSSR count). The van der Waals surface area contributed by atoms with Crippen molar-refractivity contribution in [2.24, 2.45) is 0 Å². The van der Waals surface area contributed by atoms with Gasteiger partial charge in [-0.15, -0.1) is 11.3 Å². The standard InChI is InChI=1S/C27H26ClN3O4S/c1-27(2,3)35-26(33)30-10-9-22-21-7-6-19(12-23(21)36-24(22)15-30)31-11-8-20(13-25(31)32)34-16-18-5-4-17(28)14-29-18/h4-8,11-14H,9-10,15-16H2,1-3H3. The molecule has 0 unspecified atom stereocenters. The zero-order chi connectivity index (χ0) is 25.4. The van der Waals surface area contributed by atoms with Crippen LogP contribution in [0.3, 0.4) is 0 Å². The maximum Gasteiger partial charge on any atom is 0.410 e. The van der Waals surface area contributed by atoms with E-state index in [1.165, 1.54) is 17.0 Å². The van der Waals surface area contributed by atoms with Crippen molar-refractivity contribution < 1.29 is 14.3 Å². The Balaban J connectivity index is 1.34. The molecule has 0 saturated carbocycles. The van der Waals surface area contributed by atoms with Crippen LogP contribution >= 0.6 is 22.9 Å². The number of halogens is 1. The molecule has 4 aromatic rings. The van der Waals surface area contributed by atoms with E-state index in [4.69, 9.17) is 21.1 Å². The van der Waals surface area contributed by atoms with E-state index in [0.717, 1.165) is 27.4 Å². The van der Waals surface area contributed by atoms with Crippen LogP contribution in [0.1, 0.15) is 36.9 Å². The van der Waals surface area contributed by atoms with E-state index in [1.807, 2.05) is 32.9 Å². The Hall–Kier alpha value is -3.36. The number of ether oxygens (including phenoxy) is 2. The van der Waals surface area contributed by atoms with Gasteiger partial charge in [0.05, 0.1) is 22.9 Å². The van der Waals surface area contributed by atoms with Crippen molar-refractivity contribution in [3.8, 4) is 11.4 Å². The minimum absolute atomic E-state index is 0.187. The first kappa shape index (κ1) is 24.3. The summed E-state index contributed by atoms with van der Waals surface area (Å²) in [5.41, 5.74) is 2.07. The number of hydrogen-bond acceptors (Lipinski definition) is 6. The topological polar surface area (TPSA) is 73.7 Å². The summed E-state index contributed by atoms with van der Waals surface area (Å²) in [6.45, 7) is 7.03. The molecule has 4 heterocycles. The summed E-state index contributed by atoms with van der Waals surface area (Å²) in [6.07, 6.45) is 3.77. The van der Waals surface area contributed by atoms with E-state index >= 15 is 0 Å². The summed E-state index contributed by atoms with van der Waals surface area (Å²) in [4.78, 5) is 32.5. The Bertz CT molecular complexity index is 1490. The number of thiophene rings is 1. The smallest absolute Gasteiger partial charge is 0.410 e. The highest BCUT2D eigenvalue weighted by Crippen LogP contribution is 2.36. The molecule has 0 saturated heterocycles. The molecule has 0 atom stereocenters. The van der Waals surface area contributed by atoms with Crippen molar-refractivity contribution >= 4 is 39.1 Å². The monoisotopic (exact) mass is 523 g/mol. The van der Waals surface area contributed by atoms with Crippen molar-refractivity contribution in [1.82, 2.24) is 14.5 Å². The maximum atomic E-state index is 12.9. The molecule has 36 heavy (non-hydrogen) atoms. The SMILES string of the molecule is CC(C)(C)OC(=O)N1CCc2c(sc3cc(-n4ccc(OCc5ccc(Cl)cn5)cc4=O)ccc23)C1. The minimum atomic E-state index is -0.521. The molecule has 3 aromatic heterocycles. The number of rotatable bonds is 4. The van der Waals surface area contributed by atoms with Gasteiger partial charge < -0.3 is 14.4 Å². The third kappa shape index (κ3) is 5.24. The van der Waals surface area contributed by atoms with Crippen LogP contribution in [0.25, 0.3) is 15.8 Å². The zero-order valence-corrected chi connectivity index (χ0v) is 21.9. The summed E-state index contributed by atoms with van der Waals surface area (Å²) in [5.74, 6) is 0.475. The molecule has 186 valence electrons. The van der Waals surface area contributed by atoms with Gasteiger partial charge in [-0.25, -0.2) is 4.79 Å². The number of nitrogens with zero attached hydrogens (tertiary/aromatic N) is 3. The second-order valence-electron chi connectivity index (χ2n) is 9.66. The maximum absolute atomic E-state index is 12.9. The first-order valence-corrected chi connectivity index (χ1v) is 12.8. The number of carbonyl (C=O) groups is 1. The van der Waals surface area contributed by atoms with Crippen LogP contribution in [0.4, 0.5) is 4.79 Å². The first-order chi connectivity index (χ1) is 17.2. The molecule has 1 aromatic carbocycles.